The van der Waals surface area contributed by atoms with Gasteiger partial charge in [-0.2, -0.15) is 0 Å². The Morgan fingerprint density at radius 2 is 1.88 bits per heavy atom. The molecule has 2 unspecified atom stereocenters. The number of nitrogens with one attached hydrogen (secondary N) is 1. The van der Waals surface area contributed by atoms with E-state index in [0.29, 0.717) is 5.41 Å². The second kappa shape index (κ2) is 3.76. The van der Waals surface area contributed by atoms with E-state index in [1.165, 1.54) is 18.4 Å². The van der Waals surface area contributed by atoms with Gasteiger partial charge in [-0.15, -0.1) is 11.8 Å². The third-order valence-electron chi connectivity index (χ3n) is 4.27. The minimum Gasteiger partial charge on any atom is -0.298 e. The first-order chi connectivity index (χ1) is 8.04. The van der Waals surface area contributed by atoms with Crippen molar-refractivity contribution in [3.8, 4) is 0 Å². The van der Waals surface area contributed by atoms with Crippen LogP contribution in [-0.2, 0) is 10.3 Å². The largest absolute Gasteiger partial charge is 0.298 e. The molecule has 2 atom stereocenters. The van der Waals surface area contributed by atoms with E-state index in [4.69, 9.17) is 0 Å². The number of rotatable bonds is 0. The third-order valence-corrected chi connectivity index (χ3v) is 5.81. The summed E-state index contributed by atoms with van der Waals surface area (Å²) in [5.41, 5.74) is 3.40. The molecule has 1 N–H and O–H groups in total. The molecule has 1 aliphatic heterocycles. The van der Waals surface area contributed by atoms with Crippen molar-refractivity contribution in [1.29, 1.82) is 0 Å². The molecule has 1 aliphatic carbocycles. The van der Waals surface area contributed by atoms with Gasteiger partial charge in [-0.05, 0) is 29.4 Å². The van der Waals surface area contributed by atoms with E-state index in [1.807, 2.05) is 0 Å². The van der Waals surface area contributed by atoms with E-state index in [0.717, 1.165) is 11.8 Å². The molecular weight excluding hydrogens is 226 g/mol. The predicted octanol–water partition coefficient (Wildman–Crippen LogP) is 3.64. The quantitative estimate of drug-likeness (QED) is 0.751. The van der Waals surface area contributed by atoms with E-state index in [-0.39, 0.29) is 4.87 Å². The maximum absolute atomic E-state index is 3.78. The molecule has 1 heterocycles. The summed E-state index contributed by atoms with van der Waals surface area (Å²) in [4.78, 5) is 0.200. The Morgan fingerprint density at radius 3 is 2.53 bits per heavy atom. The fourth-order valence-corrected chi connectivity index (χ4v) is 4.77. The average Bonchev–Trinajstić information content (AvgIpc) is 2.69. The van der Waals surface area contributed by atoms with Crippen LogP contribution in [0.2, 0.25) is 0 Å². The van der Waals surface area contributed by atoms with Gasteiger partial charge >= 0.3 is 0 Å². The summed E-state index contributed by atoms with van der Waals surface area (Å²) in [6.45, 7) is 8.22. The number of hydrogen-bond acceptors (Lipinski definition) is 2. The lowest BCUT2D eigenvalue weighted by molar-refractivity contribution is 0.344. The highest BCUT2D eigenvalue weighted by molar-refractivity contribution is 8.01. The molecule has 2 aliphatic rings. The SMILES string of the molecule is CC1CNC2(CCC(C)(C)c3ccccc32)S1. The second-order valence-electron chi connectivity index (χ2n) is 6.07. The molecule has 17 heavy (non-hydrogen) atoms. The van der Waals surface area contributed by atoms with Crippen LogP contribution in [0.1, 0.15) is 44.7 Å². The fourth-order valence-electron chi connectivity index (χ4n) is 3.22. The van der Waals surface area contributed by atoms with E-state index < -0.39 is 0 Å². The minimum absolute atomic E-state index is 0.200. The maximum atomic E-state index is 3.78. The Labute approximate surface area is 108 Å². The zero-order chi connectivity index (χ0) is 12.1. The summed E-state index contributed by atoms with van der Waals surface area (Å²) >= 11 is 2.12. The summed E-state index contributed by atoms with van der Waals surface area (Å²) in [7, 11) is 0. The van der Waals surface area contributed by atoms with Crippen LogP contribution in [0.25, 0.3) is 0 Å². The van der Waals surface area contributed by atoms with Crippen molar-refractivity contribution in [2.24, 2.45) is 0 Å². The molecule has 0 aromatic heterocycles. The number of fused-ring (bicyclic) bond motifs is 2. The summed E-state index contributed by atoms with van der Waals surface area (Å²) < 4.78 is 0. The Balaban J connectivity index is 2.12. The molecule has 2 heteroatoms. The Bertz CT molecular complexity index is 440. The van der Waals surface area contributed by atoms with Crippen LogP contribution in [0.3, 0.4) is 0 Å². The van der Waals surface area contributed by atoms with Gasteiger partial charge in [0, 0.05) is 11.8 Å². The molecule has 3 rings (SSSR count). The first kappa shape index (κ1) is 11.6. The lowest BCUT2D eigenvalue weighted by atomic mass is 9.70. The number of hydrogen-bond donors (Lipinski definition) is 1. The lowest BCUT2D eigenvalue weighted by Gasteiger charge is -2.43. The molecule has 1 aromatic rings. The van der Waals surface area contributed by atoms with Crippen molar-refractivity contribution in [3.05, 3.63) is 35.4 Å². The molecule has 1 aromatic carbocycles. The molecule has 0 saturated carbocycles. The van der Waals surface area contributed by atoms with E-state index in [1.54, 1.807) is 5.56 Å². The zero-order valence-corrected chi connectivity index (χ0v) is 11.7. The standard InChI is InChI=1S/C15H21NS/c1-11-10-16-15(17-11)9-8-14(2,3)12-6-4-5-7-13(12)15/h4-7,11,16H,8-10H2,1-3H3. The van der Waals surface area contributed by atoms with Crippen molar-refractivity contribution < 1.29 is 0 Å². The summed E-state index contributed by atoms with van der Waals surface area (Å²) in [5, 5.41) is 4.50. The second-order valence-corrected chi connectivity index (χ2v) is 7.80. The molecule has 92 valence electrons. The number of benzene rings is 1. The van der Waals surface area contributed by atoms with Gasteiger partial charge in [0.15, 0.2) is 0 Å². The Hall–Kier alpha value is -0.470. The van der Waals surface area contributed by atoms with Gasteiger partial charge in [-0.25, -0.2) is 0 Å². The molecular formula is C15H21NS. The van der Waals surface area contributed by atoms with Crippen molar-refractivity contribution in [2.75, 3.05) is 6.54 Å². The highest BCUT2D eigenvalue weighted by atomic mass is 32.2. The minimum atomic E-state index is 0.200. The maximum Gasteiger partial charge on any atom is 0.0908 e. The molecule has 1 saturated heterocycles. The molecule has 1 fully saturated rings. The molecule has 0 amide bonds. The van der Waals surface area contributed by atoms with Crippen LogP contribution in [0.4, 0.5) is 0 Å². The van der Waals surface area contributed by atoms with Crippen molar-refractivity contribution >= 4 is 11.8 Å². The monoisotopic (exact) mass is 247 g/mol. The summed E-state index contributed by atoms with van der Waals surface area (Å²) in [5.74, 6) is 0. The molecule has 0 radical (unpaired) electrons. The third kappa shape index (κ3) is 1.73. The lowest BCUT2D eigenvalue weighted by Crippen LogP contribution is -2.42. The van der Waals surface area contributed by atoms with Crippen molar-refractivity contribution in [3.63, 3.8) is 0 Å². The first-order valence-corrected chi connectivity index (χ1v) is 7.44. The van der Waals surface area contributed by atoms with Crippen LogP contribution in [0, 0.1) is 0 Å². The van der Waals surface area contributed by atoms with E-state index in [9.17, 15) is 0 Å². The smallest absolute Gasteiger partial charge is 0.0908 e. The van der Waals surface area contributed by atoms with E-state index in [2.05, 4.69) is 62.1 Å². The topological polar surface area (TPSA) is 12.0 Å². The molecule has 0 bridgehead atoms. The van der Waals surface area contributed by atoms with Gasteiger partial charge in [0.2, 0.25) is 0 Å². The molecule has 1 nitrogen and oxygen atoms in total. The summed E-state index contributed by atoms with van der Waals surface area (Å²) in [6.07, 6.45) is 2.53. The number of thioether (sulfide) groups is 1. The van der Waals surface area contributed by atoms with E-state index >= 15 is 0 Å². The normalized spacial score (nSPS) is 34.9. The summed E-state index contributed by atoms with van der Waals surface area (Å²) in [6, 6.07) is 9.02. The highest BCUT2D eigenvalue weighted by Crippen LogP contribution is 2.53. The van der Waals surface area contributed by atoms with Crippen LogP contribution in [-0.4, -0.2) is 11.8 Å². The van der Waals surface area contributed by atoms with Gasteiger partial charge in [0.25, 0.3) is 0 Å². The fraction of sp³-hybridized carbons (Fsp3) is 0.600. The van der Waals surface area contributed by atoms with Crippen LogP contribution in [0.5, 0.6) is 0 Å². The van der Waals surface area contributed by atoms with Gasteiger partial charge < -0.3 is 0 Å². The van der Waals surface area contributed by atoms with Crippen LogP contribution >= 0.6 is 11.8 Å². The van der Waals surface area contributed by atoms with Gasteiger partial charge in [-0.1, -0.05) is 45.0 Å². The zero-order valence-electron chi connectivity index (χ0n) is 10.9. The first-order valence-electron chi connectivity index (χ1n) is 6.56. The van der Waals surface area contributed by atoms with Crippen LogP contribution < -0.4 is 5.32 Å². The van der Waals surface area contributed by atoms with Crippen LogP contribution in [0.15, 0.2) is 24.3 Å². The van der Waals surface area contributed by atoms with Gasteiger partial charge in [0.1, 0.15) is 0 Å². The average molecular weight is 247 g/mol. The van der Waals surface area contributed by atoms with Gasteiger partial charge in [0.05, 0.1) is 4.87 Å². The van der Waals surface area contributed by atoms with Gasteiger partial charge in [-0.3, -0.25) is 5.32 Å². The highest BCUT2D eigenvalue weighted by Gasteiger charge is 2.46. The predicted molar refractivity (Wildman–Crippen MR) is 75.4 cm³/mol. The van der Waals surface area contributed by atoms with Crippen molar-refractivity contribution in [2.45, 2.75) is 49.1 Å². The Morgan fingerprint density at radius 1 is 1.18 bits per heavy atom. The van der Waals surface area contributed by atoms with Crippen molar-refractivity contribution in [1.82, 2.24) is 5.32 Å². The molecule has 1 spiro atoms. The Kier molecular flexibility index (Phi) is 2.57.